The summed E-state index contributed by atoms with van der Waals surface area (Å²) in [5.74, 6) is -0.125. The van der Waals surface area contributed by atoms with E-state index >= 15 is 0 Å². The Bertz CT molecular complexity index is 339. The topological polar surface area (TPSA) is 26.0 Å². The van der Waals surface area contributed by atoms with E-state index in [2.05, 4.69) is 13.8 Å². The van der Waals surface area contributed by atoms with E-state index in [9.17, 15) is 4.39 Å². The highest BCUT2D eigenvalue weighted by Gasteiger charge is 2.08. The minimum atomic E-state index is -0.125. The lowest BCUT2D eigenvalue weighted by Crippen LogP contribution is -2.21. The third-order valence-electron chi connectivity index (χ3n) is 2.38. The zero-order valence-corrected chi connectivity index (χ0v) is 11.0. The average Bonchev–Trinajstić information content (AvgIpc) is 2.21. The molecule has 0 fully saturated rings. The third kappa shape index (κ3) is 4.14. The molecule has 0 aliphatic rings. The molecule has 0 radical (unpaired) electrons. The van der Waals surface area contributed by atoms with E-state index in [4.69, 9.17) is 5.73 Å². The van der Waals surface area contributed by atoms with Crippen LogP contribution in [0, 0.1) is 5.82 Å². The highest BCUT2D eigenvalue weighted by Crippen LogP contribution is 2.26. The minimum absolute atomic E-state index is 0.125. The van der Waals surface area contributed by atoms with Gasteiger partial charge < -0.3 is 5.73 Å². The molecule has 0 saturated heterocycles. The Hall–Kier alpha value is -0.540. The summed E-state index contributed by atoms with van der Waals surface area (Å²) in [7, 11) is 0. The van der Waals surface area contributed by atoms with Gasteiger partial charge in [-0.1, -0.05) is 26.8 Å². The van der Waals surface area contributed by atoms with Gasteiger partial charge in [-0.3, -0.25) is 0 Å². The molecule has 0 spiro atoms. The van der Waals surface area contributed by atoms with Crippen LogP contribution in [0.15, 0.2) is 23.1 Å². The van der Waals surface area contributed by atoms with Crippen LogP contribution in [-0.2, 0) is 6.42 Å². The summed E-state index contributed by atoms with van der Waals surface area (Å²) < 4.78 is 13.7. The molecule has 1 unspecified atom stereocenters. The average molecular weight is 241 g/mol. The largest absolute Gasteiger partial charge is 0.327 e. The number of hydrogen-bond acceptors (Lipinski definition) is 2. The molecule has 1 aromatic carbocycles. The number of hydrogen-bond donors (Lipinski definition) is 1. The van der Waals surface area contributed by atoms with Crippen molar-refractivity contribution in [3.8, 4) is 0 Å². The molecular formula is C13H20FNS. The fraction of sp³-hybridized carbons (Fsp3) is 0.538. The molecule has 1 nitrogen and oxygen atoms in total. The van der Waals surface area contributed by atoms with Crippen molar-refractivity contribution in [2.24, 2.45) is 5.73 Å². The van der Waals surface area contributed by atoms with E-state index in [-0.39, 0.29) is 11.9 Å². The predicted molar refractivity (Wildman–Crippen MR) is 69.4 cm³/mol. The van der Waals surface area contributed by atoms with E-state index in [1.165, 1.54) is 0 Å². The van der Waals surface area contributed by atoms with Gasteiger partial charge in [-0.05, 0) is 30.5 Å². The molecule has 0 aromatic heterocycles. The monoisotopic (exact) mass is 241 g/mol. The molecule has 0 heterocycles. The third-order valence-corrected chi connectivity index (χ3v) is 3.44. The number of thioether (sulfide) groups is 1. The van der Waals surface area contributed by atoms with Crippen LogP contribution in [0.4, 0.5) is 4.39 Å². The Labute approximate surface area is 102 Å². The van der Waals surface area contributed by atoms with Gasteiger partial charge in [0, 0.05) is 16.2 Å². The lowest BCUT2D eigenvalue weighted by Gasteiger charge is -2.11. The normalized spacial score (nSPS) is 13.1. The van der Waals surface area contributed by atoms with Crippen molar-refractivity contribution in [1.29, 1.82) is 0 Å². The van der Waals surface area contributed by atoms with Crippen molar-refractivity contribution in [2.75, 3.05) is 0 Å². The van der Waals surface area contributed by atoms with Crippen molar-refractivity contribution in [3.05, 3.63) is 29.6 Å². The Kier molecular flexibility index (Phi) is 5.29. The van der Waals surface area contributed by atoms with E-state index in [0.29, 0.717) is 5.25 Å². The van der Waals surface area contributed by atoms with Crippen LogP contribution in [0.1, 0.15) is 32.8 Å². The Morgan fingerprint density at radius 1 is 1.38 bits per heavy atom. The summed E-state index contributed by atoms with van der Waals surface area (Å²) >= 11 is 1.55. The maximum absolute atomic E-state index is 13.7. The van der Waals surface area contributed by atoms with Crippen LogP contribution in [0.3, 0.4) is 0 Å². The number of rotatable bonds is 5. The molecule has 0 amide bonds. The van der Waals surface area contributed by atoms with Crippen LogP contribution in [-0.4, -0.2) is 11.3 Å². The number of benzene rings is 1. The zero-order valence-electron chi connectivity index (χ0n) is 10.2. The molecule has 1 atom stereocenters. The van der Waals surface area contributed by atoms with Gasteiger partial charge >= 0.3 is 0 Å². The van der Waals surface area contributed by atoms with Gasteiger partial charge in [-0.2, -0.15) is 0 Å². The van der Waals surface area contributed by atoms with Gasteiger partial charge in [0.1, 0.15) is 5.82 Å². The van der Waals surface area contributed by atoms with Crippen molar-refractivity contribution in [1.82, 2.24) is 0 Å². The fourth-order valence-electron chi connectivity index (χ4n) is 1.47. The van der Waals surface area contributed by atoms with Crippen molar-refractivity contribution >= 4 is 11.8 Å². The van der Waals surface area contributed by atoms with Crippen molar-refractivity contribution in [2.45, 2.75) is 49.8 Å². The van der Waals surface area contributed by atoms with Gasteiger partial charge in [-0.15, -0.1) is 11.8 Å². The summed E-state index contributed by atoms with van der Waals surface area (Å²) in [5.41, 5.74) is 6.83. The second kappa shape index (κ2) is 6.26. The molecule has 0 aliphatic carbocycles. The number of halogens is 1. The van der Waals surface area contributed by atoms with Crippen LogP contribution < -0.4 is 5.73 Å². The van der Waals surface area contributed by atoms with Gasteiger partial charge in [0.15, 0.2) is 0 Å². The summed E-state index contributed by atoms with van der Waals surface area (Å²) in [5, 5.41) is 0.401. The Morgan fingerprint density at radius 2 is 2.06 bits per heavy atom. The number of nitrogens with two attached hydrogens (primary N) is 1. The SMILES string of the molecule is CCC(N)Cc1ccc(SC(C)C)c(F)c1. The molecule has 1 aromatic rings. The van der Waals surface area contributed by atoms with Gasteiger partial charge in [-0.25, -0.2) is 4.39 Å². The molecule has 0 bridgehead atoms. The van der Waals surface area contributed by atoms with E-state index in [0.717, 1.165) is 23.3 Å². The second-order valence-electron chi connectivity index (χ2n) is 4.30. The maximum atomic E-state index is 13.7. The van der Waals surface area contributed by atoms with Crippen LogP contribution in [0.25, 0.3) is 0 Å². The first-order valence-corrected chi connectivity index (χ1v) is 6.61. The van der Waals surface area contributed by atoms with E-state index in [1.807, 2.05) is 19.1 Å². The van der Waals surface area contributed by atoms with E-state index in [1.54, 1.807) is 17.8 Å². The first-order valence-electron chi connectivity index (χ1n) is 5.73. The van der Waals surface area contributed by atoms with Gasteiger partial charge in [0.25, 0.3) is 0 Å². The van der Waals surface area contributed by atoms with Gasteiger partial charge in [0.2, 0.25) is 0 Å². The first-order chi connectivity index (χ1) is 7.52. The predicted octanol–water partition coefficient (Wildman–Crippen LogP) is 3.61. The molecular weight excluding hydrogens is 221 g/mol. The molecule has 2 N–H and O–H groups in total. The molecule has 3 heteroatoms. The fourth-order valence-corrected chi connectivity index (χ4v) is 2.29. The summed E-state index contributed by atoms with van der Waals surface area (Å²) in [6, 6.07) is 5.57. The van der Waals surface area contributed by atoms with Crippen molar-refractivity contribution < 1.29 is 4.39 Å². The van der Waals surface area contributed by atoms with Gasteiger partial charge in [0.05, 0.1) is 0 Å². The second-order valence-corrected chi connectivity index (χ2v) is 5.92. The van der Waals surface area contributed by atoms with Crippen LogP contribution >= 0.6 is 11.8 Å². The summed E-state index contributed by atoms with van der Waals surface area (Å²) in [6.07, 6.45) is 1.67. The Morgan fingerprint density at radius 3 is 2.56 bits per heavy atom. The maximum Gasteiger partial charge on any atom is 0.137 e. The molecule has 0 aliphatic heterocycles. The molecule has 90 valence electrons. The highest BCUT2D eigenvalue weighted by molar-refractivity contribution is 7.99. The smallest absolute Gasteiger partial charge is 0.137 e. The standard InChI is InChI=1S/C13H20FNS/c1-4-11(15)7-10-5-6-13(12(14)8-10)16-9(2)3/h5-6,8-9,11H,4,7,15H2,1-3H3. The molecule has 16 heavy (non-hydrogen) atoms. The van der Waals surface area contributed by atoms with Crippen LogP contribution in [0.2, 0.25) is 0 Å². The quantitative estimate of drug-likeness (QED) is 0.797. The minimum Gasteiger partial charge on any atom is -0.327 e. The highest BCUT2D eigenvalue weighted by atomic mass is 32.2. The molecule has 0 saturated carbocycles. The lowest BCUT2D eigenvalue weighted by atomic mass is 10.0. The summed E-state index contributed by atoms with van der Waals surface area (Å²) in [6.45, 7) is 6.17. The van der Waals surface area contributed by atoms with Crippen molar-refractivity contribution in [3.63, 3.8) is 0 Å². The summed E-state index contributed by atoms with van der Waals surface area (Å²) in [4.78, 5) is 0.726. The Balaban J connectivity index is 2.74. The lowest BCUT2D eigenvalue weighted by molar-refractivity contribution is 0.592. The van der Waals surface area contributed by atoms with Crippen LogP contribution in [0.5, 0.6) is 0 Å². The van der Waals surface area contributed by atoms with E-state index < -0.39 is 0 Å². The zero-order chi connectivity index (χ0) is 12.1. The molecule has 1 rings (SSSR count). The first kappa shape index (κ1) is 13.5.